The fourth-order valence-electron chi connectivity index (χ4n) is 0.834. The zero-order valence-corrected chi connectivity index (χ0v) is 11.0. The maximum Gasteiger partial charge on any atom is 0.246 e. The summed E-state index contributed by atoms with van der Waals surface area (Å²) < 4.78 is 5.35. The van der Waals surface area contributed by atoms with E-state index in [4.69, 9.17) is 4.74 Å². The molecule has 1 N–H and O–H groups in total. The van der Waals surface area contributed by atoms with Gasteiger partial charge in [0, 0.05) is 11.4 Å². The summed E-state index contributed by atoms with van der Waals surface area (Å²) in [6, 6.07) is 0.199. The molecular weight excluding hydrogens is 246 g/mol. The van der Waals surface area contributed by atoms with E-state index in [0.29, 0.717) is 0 Å². The lowest BCUT2D eigenvalue weighted by atomic mass is 10.2. The van der Waals surface area contributed by atoms with Gasteiger partial charge in [0.25, 0.3) is 0 Å². The molecule has 0 saturated carbocycles. The minimum atomic E-state index is -0.254. The van der Waals surface area contributed by atoms with Gasteiger partial charge in [-0.1, -0.05) is 15.9 Å². The van der Waals surface area contributed by atoms with Crippen LogP contribution in [0.3, 0.4) is 0 Å². The van der Waals surface area contributed by atoms with Gasteiger partial charge in [-0.15, -0.1) is 0 Å². The van der Waals surface area contributed by atoms with Gasteiger partial charge in [-0.25, -0.2) is 0 Å². The topological polar surface area (TPSA) is 38.3 Å². The lowest BCUT2D eigenvalue weighted by molar-refractivity contribution is -0.131. The van der Waals surface area contributed by atoms with E-state index in [0.717, 1.165) is 11.8 Å². The molecule has 0 aliphatic heterocycles. The normalized spacial score (nSPS) is 13.8. The lowest BCUT2D eigenvalue weighted by Crippen LogP contribution is -2.37. The number of carbonyl (C=O) groups is 1. The van der Waals surface area contributed by atoms with Gasteiger partial charge in [-0.3, -0.25) is 4.79 Å². The Kier molecular flexibility index (Phi) is 6.36. The van der Waals surface area contributed by atoms with Crippen molar-refractivity contribution in [2.75, 3.05) is 11.9 Å². The van der Waals surface area contributed by atoms with Gasteiger partial charge in [-0.2, -0.15) is 0 Å². The summed E-state index contributed by atoms with van der Waals surface area (Å²) in [4.78, 5) is 11.3. The minimum Gasteiger partial charge on any atom is -0.366 e. The first-order valence-electron chi connectivity index (χ1n) is 4.84. The van der Waals surface area contributed by atoms with Gasteiger partial charge in [0.15, 0.2) is 0 Å². The Bertz CT molecular complexity index is 177. The summed E-state index contributed by atoms with van der Waals surface area (Å²) in [5.74, 6) is -0.0478. The number of rotatable bonds is 5. The summed E-state index contributed by atoms with van der Waals surface area (Å²) in [6.45, 7) is 7.92. The van der Waals surface area contributed by atoms with Crippen LogP contribution in [0.4, 0.5) is 0 Å². The maximum atomic E-state index is 11.3. The highest BCUT2D eigenvalue weighted by molar-refractivity contribution is 9.09. The molecule has 1 unspecified atom stereocenters. The smallest absolute Gasteiger partial charge is 0.246 e. The summed E-state index contributed by atoms with van der Waals surface area (Å²) in [5.41, 5.74) is -0.254. The van der Waals surface area contributed by atoms with E-state index in [1.54, 1.807) is 0 Å². The fraction of sp³-hybridized carbons (Fsp3) is 0.900. The van der Waals surface area contributed by atoms with E-state index in [2.05, 4.69) is 21.2 Å². The summed E-state index contributed by atoms with van der Waals surface area (Å²) >= 11 is 3.33. The van der Waals surface area contributed by atoms with Gasteiger partial charge in [0.05, 0.1) is 5.60 Å². The van der Waals surface area contributed by atoms with Crippen LogP contribution in [0.5, 0.6) is 0 Å². The van der Waals surface area contributed by atoms with Crippen molar-refractivity contribution in [3.63, 3.8) is 0 Å². The molecule has 84 valence electrons. The van der Waals surface area contributed by atoms with Crippen molar-refractivity contribution in [3.05, 3.63) is 0 Å². The van der Waals surface area contributed by atoms with Crippen LogP contribution in [0.25, 0.3) is 0 Å². The van der Waals surface area contributed by atoms with Gasteiger partial charge in [0.1, 0.15) is 6.61 Å². The Morgan fingerprint density at radius 1 is 1.50 bits per heavy atom. The molecule has 0 radical (unpaired) electrons. The summed E-state index contributed by atoms with van der Waals surface area (Å²) in [6.07, 6.45) is 0.932. The van der Waals surface area contributed by atoms with Crippen molar-refractivity contribution in [3.8, 4) is 0 Å². The Labute approximate surface area is 94.7 Å². The van der Waals surface area contributed by atoms with Crippen molar-refractivity contribution in [2.24, 2.45) is 0 Å². The SMILES string of the molecule is CC(CCBr)NC(=O)COC(C)(C)C. The Morgan fingerprint density at radius 3 is 2.50 bits per heavy atom. The molecule has 0 fully saturated rings. The number of carbonyl (C=O) groups excluding carboxylic acids is 1. The molecule has 3 nitrogen and oxygen atoms in total. The second kappa shape index (κ2) is 6.40. The van der Waals surface area contributed by atoms with Crippen LogP contribution in [-0.4, -0.2) is 29.5 Å². The van der Waals surface area contributed by atoms with Gasteiger partial charge in [-0.05, 0) is 34.1 Å². The number of halogens is 1. The standard InChI is InChI=1S/C10H20BrNO2/c1-8(5-6-11)12-9(13)7-14-10(2,3)4/h8H,5-7H2,1-4H3,(H,12,13). The highest BCUT2D eigenvalue weighted by Gasteiger charge is 2.13. The predicted molar refractivity (Wildman–Crippen MR) is 61.7 cm³/mol. The Morgan fingerprint density at radius 2 is 2.07 bits per heavy atom. The first-order chi connectivity index (χ1) is 6.35. The third kappa shape index (κ3) is 8.51. The minimum absolute atomic E-state index is 0.0478. The van der Waals surface area contributed by atoms with E-state index in [1.807, 2.05) is 27.7 Å². The molecule has 1 amide bonds. The molecule has 0 rings (SSSR count). The molecule has 1 atom stereocenters. The highest BCUT2D eigenvalue weighted by atomic mass is 79.9. The molecule has 0 bridgehead atoms. The second-order valence-electron chi connectivity index (χ2n) is 4.35. The number of alkyl halides is 1. The lowest BCUT2D eigenvalue weighted by Gasteiger charge is -2.20. The van der Waals surface area contributed by atoms with Crippen LogP contribution >= 0.6 is 15.9 Å². The second-order valence-corrected chi connectivity index (χ2v) is 5.14. The van der Waals surface area contributed by atoms with Crippen molar-refractivity contribution < 1.29 is 9.53 Å². The highest BCUT2D eigenvalue weighted by Crippen LogP contribution is 2.05. The Hall–Kier alpha value is -0.0900. The first kappa shape index (κ1) is 13.9. The number of nitrogens with one attached hydrogen (secondary N) is 1. The molecule has 0 aromatic carbocycles. The molecule has 0 heterocycles. The zero-order valence-electron chi connectivity index (χ0n) is 9.39. The van der Waals surface area contributed by atoms with Crippen LogP contribution in [0.2, 0.25) is 0 Å². The third-order valence-electron chi connectivity index (χ3n) is 1.59. The monoisotopic (exact) mass is 265 g/mol. The summed E-state index contributed by atoms with van der Waals surface area (Å²) in [5, 5.41) is 3.76. The number of hydrogen-bond donors (Lipinski definition) is 1. The van der Waals surface area contributed by atoms with E-state index in [-0.39, 0.29) is 24.2 Å². The largest absolute Gasteiger partial charge is 0.366 e. The maximum absolute atomic E-state index is 11.3. The van der Waals surface area contributed by atoms with E-state index >= 15 is 0 Å². The van der Waals surface area contributed by atoms with Crippen LogP contribution in [-0.2, 0) is 9.53 Å². The van der Waals surface area contributed by atoms with Gasteiger partial charge < -0.3 is 10.1 Å². The molecular formula is C10H20BrNO2. The van der Waals surface area contributed by atoms with Crippen LogP contribution in [0.15, 0.2) is 0 Å². The average Bonchev–Trinajstić information content (AvgIpc) is 2.00. The molecule has 0 spiro atoms. The number of amides is 1. The van der Waals surface area contributed by atoms with E-state index in [1.165, 1.54) is 0 Å². The van der Waals surface area contributed by atoms with Gasteiger partial charge in [0.2, 0.25) is 5.91 Å². The van der Waals surface area contributed by atoms with E-state index < -0.39 is 0 Å². The van der Waals surface area contributed by atoms with E-state index in [9.17, 15) is 4.79 Å². The molecule has 0 aliphatic rings. The molecule has 0 aromatic rings. The number of ether oxygens (including phenoxy) is 1. The third-order valence-corrected chi connectivity index (χ3v) is 2.04. The van der Waals surface area contributed by atoms with Crippen LogP contribution in [0, 0.1) is 0 Å². The average molecular weight is 266 g/mol. The summed E-state index contributed by atoms with van der Waals surface area (Å²) in [7, 11) is 0. The predicted octanol–water partition coefficient (Wildman–Crippen LogP) is 2.09. The van der Waals surface area contributed by atoms with Gasteiger partial charge >= 0.3 is 0 Å². The van der Waals surface area contributed by atoms with Crippen molar-refractivity contribution in [2.45, 2.75) is 45.8 Å². The molecule has 4 heteroatoms. The van der Waals surface area contributed by atoms with Crippen LogP contribution < -0.4 is 5.32 Å². The number of hydrogen-bond acceptors (Lipinski definition) is 2. The van der Waals surface area contributed by atoms with Crippen molar-refractivity contribution >= 4 is 21.8 Å². The van der Waals surface area contributed by atoms with Crippen molar-refractivity contribution in [1.82, 2.24) is 5.32 Å². The fourth-order valence-corrected chi connectivity index (χ4v) is 1.52. The zero-order chi connectivity index (χ0) is 11.2. The van der Waals surface area contributed by atoms with Crippen LogP contribution in [0.1, 0.15) is 34.1 Å². The molecule has 0 aromatic heterocycles. The first-order valence-corrected chi connectivity index (χ1v) is 5.96. The molecule has 0 aliphatic carbocycles. The molecule has 0 saturated heterocycles. The Balaban J connectivity index is 3.65. The quantitative estimate of drug-likeness (QED) is 0.774. The van der Waals surface area contributed by atoms with Crippen molar-refractivity contribution in [1.29, 1.82) is 0 Å². The molecule has 14 heavy (non-hydrogen) atoms.